The number of fused-ring (bicyclic) bond motifs is 1. The zero-order valence-electron chi connectivity index (χ0n) is 19.8. The third-order valence-corrected chi connectivity index (χ3v) is 8.06. The van der Waals surface area contributed by atoms with Crippen molar-refractivity contribution in [2.24, 2.45) is 0 Å². The largest absolute Gasteiger partial charge is 0.338 e. The van der Waals surface area contributed by atoms with Crippen LogP contribution in [0.15, 0.2) is 66.0 Å². The van der Waals surface area contributed by atoms with Gasteiger partial charge in [0.1, 0.15) is 0 Å². The molecule has 3 aromatic rings. The fourth-order valence-corrected chi connectivity index (χ4v) is 6.09. The summed E-state index contributed by atoms with van der Waals surface area (Å²) in [7, 11) is 0. The van der Waals surface area contributed by atoms with Crippen molar-refractivity contribution < 1.29 is 9.59 Å². The molecule has 3 heterocycles. The van der Waals surface area contributed by atoms with Gasteiger partial charge in [0.15, 0.2) is 0 Å². The van der Waals surface area contributed by atoms with Gasteiger partial charge in [0.2, 0.25) is 5.91 Å². The fraction of sp³-hybridized carbons (Fsp3) is 0.357. The molecule has 2 aliphatic heterocycles. The van der Waals surface area contributed by atoms with E-state index < -0.39 is 0 Å². The molecule has 0 saturated carbocycles. The molecule has 2 atom stereocenters. The normalized spacial score (nSPS) is 20.8. The molecule has 0 unspecified atom stereocenters. The number of rotatable bonds is 4. The molecule has 5 nitrogen and oxygen atoms in total. The van der Waals surface area contributed by atoms with E-state index >= 15 is 0 Å². The van der Waals surface area contributed by atoms with Crippen molar-refractivity contribution in [2.75, 3.05) is 32.7 Å². The summed E-state index contributed by atoms with van der Waals surface area (Å²) in [4.78, 5) is 33.9. The Morgan fingerprint density at radius 1 is 0.971 bits per heavy atom. The topological polar surface area (TPSA) is 43.9 Å². The second-order valence-corrected chi connectivity index (χ2v) is 10.4. The van der Waals surface area contributed by atoms with E-state index in [2.05, 4.69) is 47.5 Å². The first kappa shape index (κ1) is 22.8. The average Bonchev–Trinajstić information content (AvgIpc) is 3.33. The van der Waals surface area contributed by atoms with Crippen molar-refractivity contribution in [3.05, 3.63) is 93.2 Å². The van der Waals surface area contributed by atoms with Crippen LogP contribution in [0.3, 0.4) is 0 Å². The minimum Gasteiger partial charge on any atom is -0.338 e. The molecule has 1 aromatic heterocycles. The zero-order chi connectivity index (χ0) is 23.7. The van der Waals surface area contributed by atoms with Crippen LogP contribution >= 0.6 is 11.3 Å². The van der Waals surface area contributed by atoms with Crippen LogP contribution in [-0.4, -0.2) is 65.3 Å². The molecule has 5 rings (SSSR count). The lowest BCUT2D eigenvalue weighted by molar-refractivity contribution is -0.135. The maximum absolute atomic E-state index is 13.4. The smallest absolute Gasteiger partial charge is 0.254 e. The highest BCUT2D eigenvalue weighted by Crippen LogP contribution is 2.37. The Kier molecular flexibility index (Phi) is 6.53. The standard InChI is InChI=1S/C28H31N3O2S/c1-20-8-10-22(11-9-20)27-24-13-17-34-25(24)12-14-30(27)19-26(32)29-15-16-31(21(2)18-29)28(33)23-6-4-3-5-7-23/h3-11,13,17,21,27H,12,14-16,18-19H2,1-2H3/t21-,27+/m0/s1. The number of hydrogen-bond donors (Lipinski definition) is 0. The van der Waals surface area contributed by atoms with E-state index in [1.807, 2.05) is 58.4 Å². The summed E-state index contributed by atoms with van der Waals surface area (Å²) in [5.41, 5.74) is 4.52. The minimum absolute atomic E-state index is 0.0110. The molecule has 0 N–H and O–H groups in total. The number of amides is 2. The summed E-state index contributed by atoms with van der Waals surface area (Å²) in [6, 6.07) is 20.4. The van der Waals surface area contributed by atoms with Crippen LogP contribution in [0.5, 0.6) is 0 Å². The summed E-state index contributed by atoms with van der Waals surface area (Å²) in [5, 5.41) is 2.17. The lowest BCUT2D eigenvalue weighted by Gasteiger charge is -2.42. The predicted octanol–water partition coefficient (Wildman–Crippen LogP) is 4.38. The maximum Gasteiger partial charge on any atom is 0.254 e. The summed E-state index contributed by atoms with van der Waals surface area (Å²) >= 11 is 1.82. The fourth-order valence-electron chi connectivity index (χ4n) is 5.18. The Hall–Kier alpha value is -2.96. The van der Waals surface area contributed by atoms with Crippen molar-refractivity contribution in [2.45, 2.75) is 32.4 Å². The second kappa shape index (κ2) is 9.72. The lowest BCUT2D eigenvalue weighted by atomic mass is 9.92. The van der Waals surface area contributed by atoms with Gasteiger partial charge in [0.05, 0.1) is 12.6 Å². The molecule has 0 radical (unpaired) electrons. The summed E-state index contributed by atoms with van der Waals surface area (Å²) in [5.74, 6) is 0.190. The Morgan fingerprint density at radius 2 is 1.74 bits per heavy atom. The highest BCUT2D eigenvalue weighted by Gasteiger charge is 2.34. The number of hydrogen-bond acceptors (Lipinski definition) is 4. The number of carbonyl (C=O) groups excluding carboxylic acids is 2. The molecule has 0 spiro atoms. The Labute approximate surface area is 205 Å². The number of aryl methyl sites for hydroxylation is 1. The molecule has 176 valence electrons. The number of nitrogens with zero attached hydrogens (tertiary/aromatic N) is 3. The first-order chi connectivity index (χ1) is 16.5. The first-order valence-corrected chi connectivity index (χ1v) is 12.9. The molecule has 2 aliphatic rings. The van der Waals surface area contributed by atoms with Gasteiger partial charge in [-0.05, 0) is 55.0 Å². The van der Waals surface area contributed by atoms with Crippen LogP contribution in [0.2, 0.25) is 0 Å². The van der Waals surface area contributed by atoms with Gasteiger partial charge >= 0.3 is 0 Å². The Morgan fingerprint density at radius 3 is 2.47 bits per heavy atom. The quantitative estimate of drug-likeness (QED) is 0.565. The van der Waals surface area contributed by atoms with Gasteiger partial charge in [-0.2, -0.15) is 0 Å². The highest BCUT2D eigenvalue weighted by atomic mass is 32.1. The Bertz CT molecular complexity index is 1160. The average molecular weight is 474 g/mol. The van der Waals surface area contributed by atoms with E-state index in [9.17, 15) is 9.59 Å². The van der Waals surface area contributed by atoms with Gasteiger partial charge in [-0.15, -0.1) is 11.3 Å². The lowest BCUT2D eigenvalue weighted by Crippen LogP contribution is -2.57. The highest BCUT2D eigenvalue weighted by molar-refractivity contribution is 7.10. The molecule has 1 fully saturated rings. The molecule has 2 aromatic carbocycles. The molecule has 34 heavy (non-hydrogen) atoms. The third kappa shape index (κ3) is 4.52. The molecule has 6 heteroatoms. The summed E-state index contributed by atoms with van der Waals surface area (Å²) < 4.78 is 0. The number of carbonyl (C=O) groups is 2. The van der Waals surface area contributed by atoms with E-state index in [0.29, 0.717) is 31.7 Å². The van der Waals surface area contributed by atoms with E-state index in [4.69, 9.17) is 0 Å². The van der Waals surface area contributed by atoms with Crippen molar-refractivity contribution in [1.82, 2.24) is 14.7 Å². The third-order valence-electron chi connectivity index (χ3n) is 7.06. The van der Waals surface area contributed by atoms with Crippen molar-refractivity contribution in [3.63, 3.8) is 0 Å². The van der Waals surface area contributed by atoms with Gasteiger partial charge in [-0.25, -0.2) is 0 Å². The number of benzene rings is 2. The molecular formula is C28H31N3O2S. The van der Waals surface area contributed by atoms with Gasteiger partial charge in [-0.3, -0.25) is 14.5 Å². The van der Waals surface area contributed by atoms with E-state index in [-0.39, 0.29) is 23.9 Å². The van der Waals surface area contributed by atoms with E-state index in [1.54, 1.807) is 0 Å². The SMILES string of the molecule is Cc1ccc([C@@H]2c3ccsc3CCN2CC(=O)N2CCN(C(=O)c3ccccc3)[C@@H](C)C2)cc1. The summed E-state index contributed by atoms with van der Waals surface area (Å²) in [6.45, 7) is 7.13. The number of piperazine rings is 1. The molecule has 0 aliphatic carbocycles. The van der Waals surface area contributed by atoms with Crippen LogP contribution in [0.4, 0.5) is 0 Å². The monoisotopic (exact) mass is 473 g/mol. The van der Waals surface area contributed by atoms with Crippen LogP contribution in [0.25, 0.3) is 0 Å². The van der Waals surface area contributed by atoms with Crippen LogP contribution in [0.1, 0.15) is 44.9 Å². The molecule has 2 amide bonds. The van der Waals surface area contributed by atoms with E-state index in [1.165, 1.54) is 21.6 Å². The maximum atomic E-state index is 13.4. The minimum atomic E-state index is -0.0110. The second-order valence-electron chi connectivity index (χ2n) is 9.39. The summed E-state index contributed by atoms with van der Waals surface area (Å²) in [6.07, 6.45) is 0.985. The molecular weight excluding hydrogens is 442 g/mol. The van der Waals surface area contributed by atoms with Crippen molar-refractivity contribution >= 4 is 23.2 Å². The van der Waals surface area contributed by atoms with Crippen molar-refractivity contribution in [1.29, 1.82) is 0 Å². The molecule has 1 saturated heterocycles. The van der Waals surface area contributed by atoms with Crippen molar-refractivity contribution in [3.8, 4) is 0 Å². The van der Waals surface area contributed by atoms with Crippen LogP contribution < -0.4 is 0 Å². The van der Waals surface area contributed by atoms with Gasteiger partial charge < -0.3 is 9.80 Å². The van der Waals surface area contributed by atoms with Crippen LogP contribution in [-0.2, 0) is 11.2 Å². The van der Waals surface area contributed by atoms with Crippen LogP contribution in [0, 0.1) is 6.92 Å². The first-order valence-electron chi connectivity index (χ1n) is 12.0. The van der Waals surface area contributed by atoms with Gasteiger partial charge in [-0.1, -0.05) is 48.0 Å². The zero-order valence-corrected chi connectivity index (χ0v) is 20.6. The van der Waals surface area contributed by atoms with E-state index in [0.717, 1.165) is 13.0 Å². The predicted molar refractivity (Wildman–Crippen MR) is 136 cm³/mol. The van der Waals surface area contributed by atoms with Gasteiger partial charge in [0.25, 0.3) is 5.91 Å². The molecule has 0 bridgehead atoms. The Balaban J connectivity index is 1.28. The van der Waals surface area contributed by atoms with Gasteiger partial charge in [0, 0.05) is 42.7 Å². The number of thiophene rings is 1.